The minimum atomic E-state index is 0.130. The SMILES string of the molecule is COC[C@@]12CCCO[C@H]1CCN(c1nnc(C)s1)C2. The van der Waals surface area contributed by atoms with Gasteiger partial charge in [0.2, 0.25) is 5.13 Å². The first-order valence-corrected chi connectivity index (χ1v) is 7.71. The Kier molecular flexibility index (Phi) is 3.73. The topological polar surface area (TPSA) is 47.5 Å². The minimum Gasteiger partial charge on any atom is -0.384 e. The fraction of sp³-hybridized carbons (Fsp3) is 0.846. The van der Waals surface area contributed by atoms with E-state index in [1.54, 1.807) is 18.4 Å². The molecule has 0 aromatic carbocycles. The molecule has 2 aliphatic heterocycles. The van der Waals surface area contributed by atoms with Gasteiger partial charge in [-0.1, -0.05) is 11.3 Å². The van der Waals surface area contributed by atoms with E-state index in [0.717, 1.165) is 49.3 Å². The Morgan fingerprint density at radius 1 is 1.53 bits per heavy atom. The predicted molar refractivity (Wildman–Crippen MR) is 74.8 cm³/mol. The first-order chi connectivity index (χ1) is 9.23. The first kappa shape index (κ1) is 13.3. The highest BCUT2D eigenvalue weighted by Gasteiger charge is 2.46. The van der Waals surface area contributed by atoms with Gasteiger partial charge in [0, 0.05) is 32.2 Å². The van der Waals surface area contributed by atoms with Crippen LogP contribution in [0.4, 0.5) is 5.13 Å². The quantitative estimate of drug-likeness (QED) is 0.847. The lowest BCUT2D eigenvalue weighted by Crippen LogP contribution is -2.57. The zero-order chi connectivity index (χ0) is 13.3. The van der Waals surface area contributed by atoms with Gasteiger partial charge in [0.1, 0.15) is 5.01 Å². The van der Waals surface area contributed by atoms with Crippen LogP contribution in [0, 0.1) is 12.3 Å². The number of hydrogen-bond donors (Lipinski definition) is 0. The second-order valence-corrected chi connectivity index (χ2v) is 6.73. The van der Waals surface area contributed by atoms with Crippen LogP contribution in [-0.4, -0.2) is 49.7 Å². The number of nitrogens with zero attached hydrogens (tertiary/aromatic N) is 3. The summed E-state index contributed by atoms with van der Waals surface area (Å²) < 4.78 is 11.5. The van der Waals surface area contributed by atoms with Crippen LogP contribution in [0.1, 0.15) is 24.3 Å². The van der Waals surface area contributed by atoms with Crippen molar-refractivity contribution in [1.82, 2.24) is 10.2 Å². The van der Waals surface area contributed by atoms with Crippen molar-refractivity contribution in [2.24, 2.45) is 5.41 Å². The number of aromatic nitrogens is 2. The van der Waals surface area contributed by atoms with Crippen molar-refractivity contribution in [3.05, 3.63) is 5.01 Å². The molecule has 0 spiro atoms. The molecular weight excluding hydrogens is 262 g/mol. The number of aryl methyl sites for hydroxylation is 1. The molecule has 1 aromatic heterocycles. The van der Waals surface area contributed by atoms with Gasteiger partial charge in [-0.05, 0) is 26.2 Å². The summed E-state index contributed by atoms with van der Waals surface area (Å²) in [6.07, 6.45) is 3.71. The predicted octanol–water partition coefficient (Wildman–Crippen LogP) is 1.87. The van der Waals surface area contributed by atoms with Crippen LogP contribution in [0.2, 0.25) is 0 Å². The van der Waals surface area contributed by atoms with Crippen molar-refractivity contribution in [2.45, 2.75) is 32.3 Å². The third-order valence-electron chi connectivity index (χ3n) is 4.21. The number of rotatable bonds is 3. The van der Waals surface area contributed by atoms with Gasteiger partial charge in [-0.3, -0.25) is 0 Å². The summed E-state index contributed by atoms with van der Waals surface area (Å²) in [5, 5.41) is 10.5. The molecule has 0 unspecified atom stereocenters. The molecule has 0 aliphatic carbocycles. The van der Waals surface area contributed by atoms with E-state index in [1.165, 1.54) is 6.42 Å². The lowest BCUT2D eigenvalue weighted by atomic mass is 9.73. The lowest BCUT2D eigenvalue weighted by Gasteiger charge is -2.50. The number of anilines is 1. The van der Waals surface area contributed by atoms with Gasteiger partial charge in [0.25, 0.3) is 0 Å². The maximum absolute atomic E-state index is 5.99. The highest BCUT2D eigenvalue weighted by Crippen LogP contribution is 2.41. The summed E-state index contributed by atoms with van der Waals surface area (Å²) in [5.41, 5.74) is 0.130. The highest BCUT2D eigenvalue weighted by atomic mass is 32.1. The Hall–Kier alpha value is -0.720. The van der Waals surface area contributed by atoms with Crippen molar-refractivity contribution in [3.63, 3.8) is 0 Å². The number of ether oxygens (including phenoxy) is 2. The molecule has 0 saturated carbocycles. The van der Waals surface area contributed by atoms with E-state index in [-0.39, 0.29) is 5.41 Å². The molecule has 2 saturated heterocycles. The summed E-state index contributed by atoms with van der Waals surface area (Å²) in [4.78, 5) is 2.36. The fourth-order valence-corrected chi connectivity index (χ4v) is 4.08. The number of hydrogen-bond acceptors (Lipinski definition) is 6. The van der Waals surface area contributed by atoms with Crippen LogP contribution in [0.5, 0.6) is 0 Å². The molecule has 5 nitrogen and oxygen atoms in total. The molecule has 106 valence electrons. The molecule has 2 atom stereocenters. The molecule has 3 rings (SSSR count). The molecule has 3 heterocycles. The second kappa shape index (κ2) is 5.34. The van der Waals surface area contributed by atoms with Gasteiger partial charge in [0.15, 0.2) is 0 Å². The number of fused-ring (bicyclic) bond motifs is 1. The highest BCUT2D eigenvalue weighted by molar-refractivity contribution is 7.15. The molecule has 2 fully saturated rings. The molecule has 19 heavy (non-hydrogen) atoms. The molecule has 0 amide bonds. The monoisotopic (exact) mass is 283 g/mol. The van der Waals surface area contributed by atoms with Crippen molar-refractivity contribution < 1.29 is 9.47 Å². The van der Waals surface area contributed by atoms with Gasteiger partial charge in [0.05, 0.1) is 12.7 Å². The van der Waals surface area contributed by atoms with Crippen LogP contribution >= 0.6 is 11.3 Å². The van der Waals surface area contributed by atoms with Crippen molar-refractivity contribution in [2.75, 3.05) is 38.3 Å². The van der Waals surface area contributed by atoms with Crippen molar-refractivity contribution in [3.8, 4) is 0 Å². The largest absolute Gasteiger partial charge is 0.384 e. The average molecular weight is 283 g/mol. The van der Waals surface area contributed by atoms with Crippen LogP contribution in [0.3, 0.4) is 0 Å². The van der Waals surface area contributed by atoms with Crippen molar-refractivity contribution in [1.29, 1.82) is 0 Å². The third kappa shape index (κ3) is 2.49. The van der Waals surface area contributed by atoms with Crippen molar-refractivity contribution >= 4 is 16.5 Å². The van der Waals surface area contributed by atoms with Crippen LogP contribution < -0.4 is 4.90 Å². The average Bonchev–Trinajstić information content (AvgIpc) is 2.85. The summed E-state index contributed by atoms with van der Waals surface area (Å²) in [5.74, 6) is 0. The third-order valence-corrected chi connectivity index (χ3v) is 5.11. The van der Waals surface area contributed by atoms with Crippen LogP contribution in [-0.2, 0) is 9.47 Å². The lowest BCUT2D eigenvalue weighted by molar-refractivity contribution is -0.119. The molecule has 0 bridgehead atoms. The Morgan fingerprint density at radius 2 is 2.42 bits per heavy atom. The Balaban J connectivity index is 1.80. The molecule has 0 N–H and O–H groups in total. The van der Waals surface area contributed by atoms with E-state index in [9.17, 15) is 0 Å². The van der Waals surface area contributed by atoms with Crippen LogP contribution in [0.25, 0.3) is 0 Å². The fourth-order valence-electron chi connectivity index (χ4n) is 3.37. The van der Waals surface area contributed by atoms with Crippen LogP contribution in [0.15, 0.2) is 0 Å². The van der Waals surface area contributed by atoms with Gasteiger partial charge in [-0.2, -0.15) is 0 Å². The summed E-state index contributed by atoms with van der Waals surface area (Å²) in [7, 11) is 1.79. The van der Waals surface area contributed by atoms with E-state index in [4.69, 9.17) is 9.47 Å². The van der Waals surface area contributed by atoms with Gasteiger partial charge < -0.3 is 14.4 Å². The molecular formula is C13H21N3O2S. The Labute approximate surface area is 117 Å². The summed E-state index contributed by atoms with van der Waals surface area (Å²) >= 11 is 1.67. The van der Waals surface area contributed by atoms with E-state index in [1.807, 2.05) is 6.92 Å². The zero-order valence-electron chi connectivity index (χ0n) is 11.6. The molecule has 1 aromatic rings. The van der Waals surface area contributed by atoms with E-state index >= 15 is 0 Å². The summed E-state index contributed by atoms with van der Waals surface area (Å²) in [6, 6.07) is 0. The molecule has 2 aliphatic rings. The van der Waals surface area contributed by atoms with E-state index < -0.39 is 0 Å². The molecule has 0 radical (unpaired) electrons. The normalized spacial score (nSPS) is 31.3. The second-order valence-electron chi connectivity index (χ2n) is 5.57. The minimum absolute atomic E-state index is 0.130. The Bertz CT molecular complexity index is 435. The Morgan fingerprint density at radius 3 is 3.16 bits per heavy atom. The number of piperidine rings is 1. The summed E-state index contributed by atoms with van der Waals surface area (Å²) in [6.45, 7) is 5.65. The van der Waals surface area contributed by atoms with E-state index in [0.29, 0.717) is 6.10 Å². The van der Waals surface area contributed by atoms with Gasteiger partial charge in [-0.25, -0.2) is 0 Å². The van der Waals surface area contributed by atoms with E-state index in [2.05, 4.69) is 15.1 Å². The van der Waals surface area contributed by atoms with Gasteiger partial charge >= 0.3 is 0 Å². The van der Waals surface area contributed by atoms with Gasteiger partial charge in [-0.15, -0.1) is 10.2 Å². The maximum atomic E-state index is 5.99. The zero-order valence-corrected chi connectivity index (χ0v) is 12.4. The smallest absolute Gasteiger partial charge is 0.208 e. The first-order valence-electron chi connectivity index (χ1n) is 6.89. The standard InChI is InChI=1S/C13H21N3O2S/c1-10-14-15-12(19-10)16-6-4-11-13(8-16,9-17-2)5-3-7-18-11/h11H,3-9H2,1-2H3/t11-,13-/m0/s1. The molecule has 6 heteroatoms. The number of methoxy groups -OCH3 is 1. The maximum Gasteiger partial charge on any atom is 0.208 e.